The van der Waals surface area contributed by atoms with Gasteiger partial charge in [0.2, 0.25) is 5.91 Å². The Morgan fingerprint density at radius 1 is 1.46 bits per heavy atom. The zero-order chi connectivity index (χ0) is 18.8. The van der Waals surface area contributed by atoms with E-state index in [1.165, 1.54) is 11.8 Å². The predicted molar refractivity (Wildman–Crippen MR) is 104 cm³/mol. The van der Waals surface area contributed by atoms with Crippen LogP contribution in [0.1, 0.15) is 31.9 Å². The summed E-state index contributed by atoms with van der Waals surface area (Å²) in [5, 5.41) is 0.610. The van der Waals surface area contributed by atoms with E-state index in [0.29, 0.717) is 39.9 Å². The molecule has 0 spiro atoms. The molecule has 1 aromatic carbocycles. The first-order valence-electron chi connectivity index (χ1n) is 8.22. The fourth-order valence-electron chi connectivity index (χ4n) is 3.08. The summed E-state index contributed by atoms with van der Waals surface area (Å²) in [6.45, 7) is 3.77. The normalized spacial score (nSPS) is 19.8. The van der Waals surface area contributed by atoms with Gasteiger partial charge >= 0.3 is 5.97 Å². The molecule has 2 aliphatic rings. The lowest BCUT2D eigenvalue weighted by atomic mass is 9.93. The number of amidine groups is 1. The molecule has 0 N–H and O–H groups in total. The van der Waals surface area contributed by atoms with Crippen molar-refractivity contribution < 1.29 is 19.1 Å². The summed E-state index contributed by atoms with van der Waals surface area (Å²) in [5.74, 6) is 0.739. The largest absolute Gasteiger partial charge is 0.496 e. The Hall–Kier alpha value is -1.80. The summed E-state index contributed by atoms with van der Waals surface area (Å²) in [6, 6.07) is 4.90. The summed E-state index contributed by atoms with van der Waals surface area (Å²) in [6.07, 6.45) is 0.395. The highest BCUT2D eigenvalue weighted by atomic mass is 79.9. The number of carbonyl (C=O) groups is 2. The first-order chi connectivity index (χ1) is 12.5. The average Bonchev–Trinajstić information content (AvgIpc) is 2.60. The molecule has 1 saturated heterocycles. The van der Waals surface area contributed by atoms with Gasteiger partial charge in [-0.2, -0.15) is 0 Å². The Balaban J connectivity index is 2.23. The van der Waals surface area contributed by atoms with Gasteiger partial charge in [-0.3, -0.25) is 9.69 Å². The summed E-state index contributed by atoms with van der Waals surface area (Å²) < 4.78 is 11.6. The van der Waals surface area contributed by atoms with Crippen molar-refractivity contribution in [2.75, 3.05) is 19.5 Å². The lowest BCUT2D eigenvalue weighted by Gasteiger charge is -2.39. The average molecular weight is 439 g/mol. The smallest absolute Gasteiger partial charge is 0.338 e. The van der Waals surface area contributed by atoms with Crippen LogP contribution in [0.5, 0.6) is 5.75 Å². The maximum atomic E-state index is 12.7. The molecular formula is C18H19BrN2O4S. The van der Waals surface area contributed by atoms with E-state index in [-0.39, 0.29) is 12.5 Å². The number of aliphatic imine (C=N–C) groups is 1. The molecule has 2 heterocycles. The highest BCUT2D eigenvalue weighted by Gasteiger charge is 2.42. The number of hydrogen-bond donors (Lipinski definition) is 0. The zero-order valence-corrected chi connectivity index (χ0v) is 17.1. The van der Waals surface area contributed by atoms with Crippen molar-refractivity contribution in [3.05, 3.63) is 39.5 Å². The first kappa shape index (κ1) is 19.0. The molecular weight excluding hydrogens is 420 g/mol. The van der Waals surface area contributed by atoms with Crippen LogP contribution in [0.15, 0.2) is 38.9 Å². The maximum Gasteiger partial charge on any atom is 0.338 e. The highest BCUT2D eigenvalue weighted by Crippen LogP contribution is 2.43. The van der Waals surface area contributed by atoms with Crippen LogP contribution in [-0.2, 0) is 14.3 Å². The van der Waals surface area contributed by atoms with Gasteiger partial charge in [0.15, 0.2) is 5.17 Å². The van der Waals surface area contributed by atoms with Crippen LogP contribution in [0.25, 0.3) is 0 Å². The lowest BCUT2D eigenvalue weighted by molar-refractivity contribution is -0.139. The van der Waals surface area contributed by atoms with Gasteiger partial charge in [-0.05, 0) is 32.0 Å². The van der Waals surface area contributed by atoms with E-state index in [2.05, 4.69) is 20.9 Å². The number of methoxy groups -OCH3 is 1. The van der Waals surface area contributed by atoms with E-state index >= 15 is 0 Å². The van der Waals surface area contributed by atoms with Gasteiger partial charge in [-0.25, -0.2) is 9.79 Å². The summed E-state index contributed by atoms with van der Waals surface area (Å²) in [7, 11) is 1.57. The number of fused-ring (bicyclic) bond motifs is 1. The third-order valence-corrected chi connectivity index (χ3v) is 5.64. The molecule has 1 fully saturated rings. The molecule has 0 radical (unpaired) electrons. The van der Waals surface area contributed by atoms with Crippen molar-refractivity contribution in [3.63, 3.8) is 0 Å². The van der Waals surface area contributed by atoms with Crippen LogP contribution in [0.2, 0.25) is 0 Å². The van der Waals surface area contributed by atoms with E-state index < -0.39 is 12.0 Å². The van der Waals surface area contributed by atoms with Crippen molar-refractivity contribution in [2.45, 2.75) is 26.3 Å². The van der Waals surface area contributed by atoms with Gasteiger partial charge in [0.25, 0.3) is 0 Å². The van der Waals surface area contributed by atoms with Crippen molar-refractivity contribution in [3.8, 4) is 5.75 Å². The molecule has 2 aliphatic heterocycles. The lowest BCUT2D eigenvalue weighted by Crippen LogP contribution is -2.46. The maximum absolute atomic E-state index is 12.7. The number of hydrogen-bond acceptors (Lipinski definition) is 6. The molecule has 6 nitrogen and oxygen atoms in total. The highest BCUT2D eigenvalue weighted by molar-refractivity contribution is 9.10. The van der Waals surface area contributed by atoms with Crippen LogP contribution < -0.4 is 4.74 Å². The van der Waals surface area contributed by atoms with Gasteiger partial charge in [0.05, 0.1) is 25.0 Å². The number of benzene rings is 1. The number of allylic oxidation sites excluding steroid dienone is 1. The van der Waals surface area contributed by atoms with Crippen molar-refractivity contribution in [1.82, 2.24) is 4.90 Å². The number of thioether (sulfide) groups is 1. The number of esters is 1. The number of halogens is 1. The fraction of sp³-hybridized carbons (Fsp3) is 0.389. The van der Waals surface area contributed by atoms with E-state index in [1.807, 2.05) is 18.2 Å². The number of ether oxygens (including phenoxy) is 2. The molecule has 0 aromatic heterocycles. The Morgan fingerprint density at radius 2 is 2.23 bits per heavy atom. The molecule has 138 valence electrons. The standard InChI is InChI=1S/C18H19BrN2O4S/c1-4-25-17(23)15-10(2)20-18-21(14(22)7-8-26-18)16(15)12-9-11(19)5-6-13(12)24-3/h5-6,9,16H,4,7-8H2,1-3H3/t16-/m1/s1. The SMILES string of the molecule is CCOC(=O)C1=C(C)N=C2SCCC(=O)N2[C@@H]1c1cc(Br)ccc1OC. The van der Waals surface area contributed by atoms with Crippen molar-refractivity contribution in [1.29, 1.82) is 0 Å². The van der Waals surface area contributed by atoms with Gasteiger partial charge in [-0.15, -0.1) is 0 Å². The summed E-state index contributed by atoms with van der Waals surface area (Å²) >= 11 is 4.99. The van der Waals surface area contributed by atoms with Crippen LogP contribution in [0, 0.1) is 0 Å². The van der Waals surface area contributed by atoms with Crippen LogP contribution >= 0.6 is 27.7 Å². The Morgan fingerprint density at radius 3 is 2.92 bits per heavy atom. The van der Waals surface area contributed by atoms with Crippen molar-refractivity contribution >= 4 is 44.7 Å². The Kier molecular flexibility index (Phi) is 5.72. The summed E-state index contributed by atoms with van der Waals surface area (Å²) in [4.78, 5) is 31.5. The number of amides is 1. The second kappa shape index (κ2) is 7.84. The second-order valence-corrected chi connectivity index (χ2v) is 7.74. The van der Waals surface area contributed by atoms with E-state index in [0.717, 1.165) is 4.47 Å². The topological polar surface area (TPSA) is 68.2 Å². The van der Waals surface area contributed by atoms with Gasteiger partial charge in [-0.1, -0.05) is 27.7 Å². The number of nitrogens with zero attached hydrogens (tertiary/aromatic N) is 2. The molecule has 8 heteroatoms. The Bertz CT molecular complexity index is 821. The third-order valence-electron chi connectivity index (χ3n) is 4.19. The molecule has 1 amide bonds. The minimum Gasteiger partial charge on any atom is -0.496 e. The molecule has 0 bridgehead atoms. The third kappa shape index (κ3) is 3.40. The summed E-state index contributed by atoms with van der Waals surface area (Å²) in [5.41, 5.74) is 1.64. The molecule has 0 unspecified atom stereocenters. The molecule has 1 aromatic rings. The Labute approximate surface area is 164 Å². The van der Waals surface area contributed by atoms with Crippen LogP contribution in [0.4, 0.5) is 0 Å². The van der Waals surface area contributed by atoms with E-state index in [1.54, 1.807) is 25.9 Å². The van der Waals surface area contributed by atoms with Gasteiger partial charge < -0.3 is 9.47 Å². The van der Waals surface area contributed by atoms with Crippen LogP contribution in [0.3, 0.4) is 0 Å². The van der Waals surface area contributed by atoms with E-state index in [4.69, 9.17) is 9.47 Å². The van der Waals surface area contributed by atoms with E-state index in [9.17, 15) is 9.59 Å². The molecule has 0 aliphatic carbocycles. The quantitative estimate of drug-likeness (QED) is 0.670. The number of carbonyl (C=O) groups excluding carboxylic acids is 2. The van der Waals surface area contributed by atoms with Crippen LogP contribution in [-0.4, -0.2) is 41.4 Å². The first-order valence-corrected chi connectivity index (χ1v) is 10.0. The monoisotopic (exact) mass is 438 g/mol. The molecule has 26 heavy (non-hydrogen) atoms. The molecule has 0 saturated carbocycles. The second-order valence-electron chi connectivity index (χ2n) is 5.76. The molecule has 1 atom stereocenters. The zero-order valence-electron chi connectivity index (χ0n) is 14.7. The fourth-order valence-corrected chi connectivity index (χ4v) is 4.47. The number of rotatable bonds is 4. The minimum absolute atomic E-state index is 0.0659. The van der Waals surface area contributed by atoms with Gasteiger partial charge in [0, 0.05) is 22.2 Å². The van der Waals surface area contributed by atoms with Gasteiger partial charge in [0.1, 0.15) is 11.8 Å². The molecule has 3 rings (SSSR count). The predicted octanol–water partition coefficient (Wildman–Crippen LogP) is 3.67. The minimum atomic E-state index is -0.630. The van der Waals surface area contributed by atoms with Crippen molar-refractivity contribution in [2.24, 2.45) is 4.99 Å².